The van der Waals surface area contributed by atoms with Crippen LogP contribution in [0, 0.1) is 6.92 Å². The van der Waals surface area contributed by atoms with Crippen molar-refractivity contribution in [3.05, 3.63) is 36.2 Å². The number of rotatable bonds is 4. The minimum atomic E-state index is -3.60. The van der Waals surface area contributed by atoms with Crippen LogP contribution in [0.2, 0.25) is 0 Å². The van der Waals surface area contributed by atoms with Gasteiger partial charge in [-0.15, -0.1) is 0 Å². The fourth-order valence-electron chi connectivity index (χ4n) is 1.47. The predicted molar refractivity (Wildman–Crippen MR) is 67.1 cm³/mol. The van der Waals surface area contributed by atoms with Gasteiger partial charge in [-0.1, -0.05) is 0 Å². The molecule has 0 fully saturated rings. The summed E-state index contributed by atoms with van der Waals surface area (Å²) in [6, 6.07) is 5.11. The van der Waals surface area contributed by atoms with Crippen LogP contribution in [0.3, 0.4) is 0 Å². The zero-order chi connectivity index (χ0) is 13.2. The van der Waals surface area contributed by atoms with E-state index in [0.717, 1.165) is 5.56 Å². The Morgan fingerprint density at radius 3 is 2.72 bits per heavy atom. The minimum absolute atomic E-state index is 0.0951. The topological polar surface area (TPSA) is 84.1 Å². The van der Waals surface area contributed by atoms with Gasteiger partial charge in [-0.2, -0.15) is 5.10 Å². The summed E-state index contributed by atoms with van der Waals surface area (Å²) in [4.78, 5) is 0.0951. The first-order valence-electron chi connectivity index (χ1n) is 5.19. The van der Waals surface area contributed by atoms with Crippen molar-refractivity contribution >= 4 is 15.7 Å². The van der Waals surface area contributed by atoms with Crippen LogP contribution in [0.1, 0.15) is 5.56 Å². The monoisotopic (exact) mass is 267 g/mol. The minimum Gasteiger partial charge on any atom is -0.497 e. The molecule has 0 amide bonds. The summed E-state index contributed by atoms with van der Waals surface area (Å²) >= 11 is 0. The Morgan fingerprint density at radius 2 is 2.17 bits per heavy atom. The maximum Gasteiger partial charge on any atom is 0.265 e. The predicted octanol–water partition coefficient (Wildman–Crippen LogP) is 1.53. The van der Waals surface area contributed by atoms with Gasteiger partial charge >= 0.3 is 0 Å². The SMILES string of the molecule is COc1ccc(NS(=O)(=O)c2cn[nH]c2)c(C)c1. The molecule has 7 heteroatoms. The number of H-pyrrole nitrogens is 1. The highest BCUT2D eigenvalue weighted by molar-refractivity contribution is 7.92. The van der Waals surface area contributed by atoms with Crippen LogP contribution in [0.15, 0.2) is 35.5 Å². The summed E-state index contributed by atoms with van der Waals surface area (Å²) in [6.07, 6.45) is 2.57. The second kappa shape index (κ2) is 4.69. The molecule has 0 aliphatic carbocycles. The molecule has 0 saturated heterocycles. The normalized spacial score (nSPS) is 11.2. The fourth-order valence-corrected chi connectivity index (χ4v) is 2.50. The average molecular weight is 267 g/mol. The Balaban J connectivity index is 2.30. The van der Waals surface area contributed by atoms with E-state index in [2.05, 4.69) is 14.9 Å². The standard InChI is InChI=1S/C11H13N3O3S/c1-8-5-9(17-2)3-4-11(8)14-18(15,16)10-6-12-13-7-10/h3-7,14H,1-2H3,(H,12,13). The van der Waals surface area contributed by atoms with Crippen LogP contribution in [-0.4, -0.2) is 25.7 Å². The molecule has 0 aliphatic rings. The lowest BCUT2D eigenvalue weighted by molar-refractivity contribution is 0.414. The Bertz CT molecular complexity index is 636. The third-order valence-electron chi connectivity index (χ3n) is 2.46. The molecule has 0 bridgehead atoms. The van der Waals surface area contributed by atoms with Crippen LogP contribution in [-0.2, 0) is 10.0 Å². The number of aryl methyl sites for hydroxylation is 1. The van der Waals surface area contributed by atoms with Gasteiger partial charge in [-0.3, -0.25) is 9.82 Å². The number of aromatic amines is 1. The zero-order valence-electron chi connectivity index (χ0n) is 9.97. The van der Waals surface area contributed by atoms with E-state index in [1.807, 2.05) is 0 Å². The van der Waals surface area contributed by atoms with Crippen LogP contribution in [0.25, 0.3) is 0 Å². The second-order valence-corrected chi connectivity index (χ2v) is 5.40. The van der Waals surface area contributed by atoms with Gasteiger partial charge in [0.05, 0.1) is 19.0 Å². The highest BCUT2D eigenvalue weighted by Gasteiger charge is 2.16. The smallest absolute Gasteiger partial charge is 0.265 e. The van der Waals surface area contributed by atoms with E-state index in [-0.39, 0.29) is 4.90 Å². The molecule has 18 heavy (non-hydrogen) atoms. The quantitative estimate of drug-likeness (QED) is 0.879. The molecule has 2 N–H and O–H groups in total. The van der Waals surface area contributed by atoms with Crippen molar-refractivity contribution in [3.63, 3.8) is 0 Å². The molecule has 1 heterocycles. The summed E-state index contributed by atoms with van der Waals surface area (Å²) in [5, 5.41) is 6.08. The molecular formula is C11H13N3O3S. The summed E-state index contributed by atoms with van der Waals surface area (Å²) < 4.78 is 31.5. The number of sulfonamides is 1. The van der Waals surface area contributed by atoms with Crippen LogP contribution in [0.5, 0.6) is 5.75 Å². The van der Waals surface area contributed by atoms with Gasteiger partial charge in [0.2, 0.25) is 0 Å². The van der Waals surface area contributed by atoms with Crippen molar-refractivity contribution in [2.75, 3.05) is 11.8 Å². The van der Waals surface area contributed by atoms with Crippen LogP contribution in [0.4, 0.5) is 5.69 Å². The fraction of sp³-hybridized carbons (Fsp3) is 0.182. The Morgan fingerprint density at radius 1 is 1.39 bits per heavy atom. The van der Waals surface area contributed by atoms with E-state index < -0.39 is 10.0 Å². The molecule has 0 unspecified atom stereocenters. The number of nitrogens with one attached hydrogen (secondary N) is 2. The lowest BCUT2D eigenvalue weighted by atomic mass is 10.2. The summed E-state index contributed by atoms with van der Waals surface area (Å²) in [6.45, 7) is 1.80. The number of hydrogen-bond acceptors (Lipinski definition) is 4. The van der Waals surface area contributed by atoms with Gasteiger partial charge in [0, 0.05) is 6.20 Å². The van der Waals surface area contributed by atoms with E-state index in [4.69, 9.17) is 4.74 Å². The molecule has 0 spiro atoms. The Labute approximate surface area is 105 Å². The highest BCUT2D eigenvalue weighted by Crippen LogP contribution is 2.23. The first-order valence-corrected chi connectivity index (χ1v) is 6.67. The number of anilines is 1. The number of hydrogen-bond donors (Lipinski definition) is 2. The molecule has 0 saturated carbocycles. The van der Waals surface area contributed by atoms with E-state index in [1.165, 1.54) is 12.4 Å². The van der Waals surface area contributed by atoms with Crippen molar-refractivity contribution in [2.24, 2.45) is 0 Å². The number of aromatic nitrogens is 2. The van der Waals surface area contributed by atoms with Gasteiger partial charge in [-0.25, -0.2) is 8.42 Å². The van der Waals surface area contributed by atoms with E-state index >= 15 is 0 Å². The van der Waals surface area contributed by atoms with Crippen molar-refractivity contribution in [3.8, 4) is 5.75 Å². The highest BCUT2D eigenvalue weighted by atomic mass is 32.2. The van der Waals surface area contributed by atoms with Crippen molar-refractivity contribution in [1.29, 1.82) is 0 Å². The van der Waals surface area contributed by atoms with Gasteiger partial charge in [0.25, 0.3) is 10.0 Å². The maximum atomic E-state index is 12.0. The molecular weight excluding hydrogens is 254 g/mol. The Kier molecular flexibility index (Phi) is 3.24. The molecule has 6 nitrogen and oxygen atoms in total. The van der Waals surface area contributed by atoms with Gasteiger partial charge in [0.1, 0.15) is 10.6 Å². The molecule has 2 aromatic rings. The molecule has 0 radical (unpaired) electrons. The lowest BCUT2D eigenvalue weighted by Crippen LogP contribution is -2.13. The van der Waals surface area contributed by atoms with E-state index in [0.29, 0.717) is 11.4 Å². The molecule has 96 valence electrons. The van der Waals surface area contributed by atoms with Gasteiger partial charge in [-0.05, 0) is 30.7 Å². The largest absolute Gasteiger partial charge is 0.497 e. The number of benzene rings is 1. The molecule has 0 aliphatic heterocycles. The van der Waals surface area contributed by atoms with Crippen LogP contribution < -0.4 is 9.46 Å². The number of nitrogens with zero attached hydrogens (tertiary/aromatic N) is 1. The van der Waals surface area contributed by atoms with Crippen molar-refractivity contribution < 1.29 is 13.2 Å². The molecule has 0 atom stereocenters. The maximum absolute atomic E-state index is 12.0. The lowest BCUT2D eigenvalue weighted by Gasteiger charge is -2.10. The summed E-state index contributed by atoms with van der Waals surface area (Å²) in [5.74, 6) is 0.679. The van der Waals surface area contributed by atoms with E-state index in [1.54, 1.807) is 32.2 Å². The number of methoxy groups -OCH3 is 1. The molecule has 1 aromatic carbocycles. The third kappa shape index (κ3) is 2.45. The Hall–Kier alpha value is -2.02. The van der Waals surface area contributed by atoms with Crippen molar-refractivity contribution in [1.82, 2.24) is 10.2 Å². The summed E-state index contributed by atoms with van der Waals surface area (Å²) in [5.41, 5.74) is 1.29. The summed E-state index contributed by atoms with van der Waals surface area (Å²) in [7, 11) is -2.04. The first kappa shape index (κ1) is 12.4. The first-order chi connectivity index (χ1) is 8.53. The second-order valence-electron chi connectivity index (χ2n) is 3.72. The average Bonchev–Trinajstić information content (AvgIpc) is 2.86. The van der Waals surface area contributed by atoms with E-state index in [9.17, 15) is 8.42 Å². The van der Waals surface area contributed by atoms with Gasteiger partial charge < -0.3 is 4.74 Å². The number of ether oxygens (including phenoxy) is 1. The van der Waals surface area contributed by atoms with Gasteiger partial charge in [0.15, 0.2) is 0 Å². The zero-order valence-corrected chi connectivity index (χ0v) is 10.8. The molecule has 2 rings (SSSR count). The molecule has 1 aromatic heterocycles. The van der Waals surface area contributed by atoms with Crippen LogP contribution >= 0.6 is 0 Å². The third-order valence-corrected chi connectivity index (χ3v) is 3.79. The van der Waals surface area contributed by atoms with Crippen molar-refractivity contribution in [2.45, 2.75) is 11.8 Å².